The predicted octanol–water partition coefficient (Wildman–Crippen LogP) is -3.51. The molecule has 13 heteroatoms. The Balaban J connectivity index is 2.06. The van der Waals surface area contributed by atoms with E-state index in [1.807, 2.05) is 0 Å². The second-order valence-electron chi connectivity index (χ2n) is 6.00. The van der Waals surface area contributed by atoms with Crippen molar-refractivity contribution in [3.8, 4) is 0 Å². The second kappa shape index (κ2) is 7.66. The molecule has 0 aromatic heterocycles. The van der Waals surface area contributed by atoms with E-state index >= 15 is 0 Å². The van der Waals surface area contributed by atoms with Gasteiger partial charge in [0, 0.05) is 0 Å². The number of ether oxygens (including phenoxy) is 3. The normalized spacial score (nSPS) is 49.1. The zero-order valence-electron chi connectivity index (χ0n) is 13.3. The van der Waals surface area contributed by atoms with Crippen LogP contribution < -0.4 is 0 Å². The van der Waals surface area contributed by atoms with Crippen LogP contribution in [-0.4, -0.2) is 99.9 Å². The summed E-state index contributed by atoms with van der Waals surface area (Å²) in [5.41, 5.74) is 0. The fraction of sp³-hybridized carbons (Fsp3) is 1.00. The lowest BCUT2D eigenvalue weighted by atomic mass is 9.99. The van der Waals surface area contributed by atoms with Crippen LogP contribution in [0.3, 0.4) is 0 Å². The summed E-state index contributed by atoms with van der Waals surface area (Å²) >= 11 is 0. The van der Waals surface area contributed by atoms with Gasteiger partial charge in [0.2, 0.25) is 0 Å². The molecule has 2 fully saturated rings. The summed E-state index contributed by atoms with van der Waals surface area (Å²) in [6.07, 6.45) is -14.9. The first kappa shape index (κ1) is 20.9. The molecule has 0 amide bonds. The molecule has 0 bridgehead atoms. The zero-order chi connectivity index (χ0) is 19.1. The summed E-state index contributed by atoms with van der Waals surface area (Å²) < 4.78 is 50.2. The third-order valence-electron chi connectivity index (χ3n) is 4.09. The first-order valence-corrected chi connectivity index (χ1v) is 8.81. The Kier molecular flexibility index (Phi) is 6.39. The van der Waals surface area contributed by atoms with Gasteiger partial charge >= 0.3 is 10.4 Å². The van der Waals surface area contributed by atoms with Crippen molar-refractivity contribution in [1.82, 2.24) is 0 Å². The molecule has 0 saturated carbocycles. The molecular weight excluding hydrogens is 368 g/mol. The smallest absolute Gasteiger partial charge is 0.388 e. The van der Waals surface area contributed by atoms with Gasteiger partial charge < -0.3 is 39.7 Å². The van der Waals surface area contributed by atoms with E-state index in [0.717, 1.165) is 0 Å². The molecular formula is C12H22O12S. The van der Waals surface area contributed by atoms with Crippen molar-refractivity contribution in [2.75, 3.05) is 0 Å². The van der Waals surface area contributed by atoms with Gasteiger partial charge in [-0.25, -0.2) is 4.18 Å². The van der Waals surface area contributed by atoms with Gasteiger partial charge in [-0.2, -0.15) is 8.42 Å². The van der Waals surface area contributed by atoms with Gasteiger partial charge in [0.25, 0.3) is 0 Å². The lowest BCUT2D eigenvalue weighted by Crippen LogP contribution is -2.62. The SMILES string of the molecule is C[C@H]1OC(OC2O[C@H](C)[C@H](OS(=O)(=O)O)[C@H](O)[C@H]2O)[C@H](O)[C@@H](O)[C@H]1O. The maximum absolute atomic E-state index is 10.8. The average molecular weight is 390 g/mol. The Morgan fingerprint density at radius 3 is 1.76 bits per heavy atom. The minimum atomic E-state index is -4.90. The van der Waals surface area contributed by atoms with Crippen molar-refractivity contribution in [1.29, 1.82) is 0 Å². The van der Waals surface area contributed by atoms with Gasteiger partial charge in [-0.05, 0) is 13.8 Å². The molecule has 25 heavy (non-hydrogen) atoms. The van der Waals surface area contributed by atoms with Crippen molar-refractivity contribution < 1.29 is 56.9 Å². The van der Waals surface area contributed by atoms with Crippen LogP contribution >= 0.6 is 0 Å². The lowest BCUT2D eigenvalue weighted by molar-refractivity contribution is -0.369. The number of hydrogen-bond donors (Lipinski definition) is 6. The fourth-order valence-corrected chi connectivity index (χ4v) is 3.20. The number of aliphatic hydroxyl groups excluding tert-OH is 5. The highest BCUT2D eigenvalue weighted by Gasteiger charge is 2.49. The van der Waals surface area contributed by atoms with E-state index in [4.69, 9.17) is 18.8 Å². The Labute approximate surface area is 143 Å². The molecule has 0 aromatic carbocycles. The third kappa shape index (κ3) is 4.64. The number of rotatable bonds is 4. The van der Waals surface area contributed by atoms with Crippen LogP contribution in [0.15, 0.2) is 0 Å². The van der Waals surface area contributed by atoms with E-state index in [9.17, 15) is 34.0 Å². The van der Waals surface area contributed by atoms with E-state index in [1.165, 1.54) is 13.8 Å². The number of hydrogen-bond acceptors (Lipinski definition) is 11. The summed E-state index contributed by atoms with van der Waals surface area (Å²) in [4.78, 5) is 0. The van der Waals surface area contributed by atoms with E-state index in [1.54, 1.807) is 0 Å². The Hall–Kier alpha value is -0.450. The van der Waals surface area contributed by atoms with Crippen LogP contribution in [0.1, 0.15) is 13.8 Å². The van der Waals surface area contributed by atoms with Crippen molar-refractivity contribution in [3.63, 3.8) is 0 Å². The first-order chi connectivity index (χ1) is 11.4. The van der Waals surface area contributed by atoms with Crippen molar-refractivity contribution >= 4 is 10.4 Å². The van der Waals surface area contributed by atoms with Gasteiger partial charge in [0.1, 0.15) is 36.6 Å². The Morgan fingerprint density at radius 1 is 0.760 bits per heavy atom. The molecule has 2 aliphatic heterocycles. The largest absolute Gasteiger partial charge is 0.397 e. The van der Waals surface area contributed by atoms with Crippen LogP contribution in [0.25, 0.3) is 0 Å². The lowest BCUT2D eigenvalue weighted by Gasteiger charge is -2.44. The predicted molar refractivity (Wildman–Crippen MR) is 76.2 cm³/mol. The minimum absolute atomic E-state index is 0.901. The van der Waals surface area contributed by atoms with E-state index in [2.05, 4.69) is 4.18 Å². The maximum atomic E-state index is 10.8. The van der Waals surface area contributed by atoms with Gasteiger partial charge in [-0.3, -0.25) is 4.55 Å². The molecule has 2 unspecified atom stereocenters. The Morgan fingerprint density at radius 2 is 1.24 bits per heavy atom. The molecule has 2 saturated heterocycles. The summed E-state index contributed by atoms with van der Waals surface area (Å²) in [5.74, 6) is 0. The summed E-state index contributed by atoms with van der Waals surface area (Å²) in [5, 5.41) is 49.2. The Bertz CT molecular complexity index is 554. The summed E-state index contributed by atoms with van der Waals surface area (Å²) in [6.45, 7) is 2.71. The highest BCUT2D eigenvalue weighted by Crippen LogP contribution is 2.29. The highest BCUT2D eigenvalue weighted by atomic mass is 32.3. The molecule has 148 valence electrons. The highest BCUT2D eigenvalue weighted by molar-refractivity contribution is 7.80. The molecule has 2 rings (SSSR count). The van der Waals surface area contributed by atoms with Crippen molar-refractivity contribution in [2.24, 2.45) is 0 Å². The topological polar surface area (TPSA) is 192 Å². The second-order valence-corrected chi connectivity index (χ2v) is 7.04. The third-order valence-corrected chi connectivity index (χ3v) is 4.55. The molecule has 0 aliphatic carbocycles. The fourth-order valence-electron chi connectivity index (χ4n) is 2.65. The monoisotopic (exact) mass is 390 g/mol. The summed E-state index contributed by atoms with van der Waals surface area (Å²) in [6, 6.07) is 0. The van der Waals surface area contributed by atoms with Crippen LogP contribution in [0, 0.1) is 0 Å². The molecule has 2 heterocycles. The van der Waals surface area contributed by atoms with Crippen molar-refractivity contribution in [3.05, 3.63) is 0 Å². The minimum Gasteiger partial charge on any atom is -0.388 e. The average Bonchev–Trinajstić information content (AvgIpc) is 2.51. The van der Waals surface area contributed by atoms with E-state index in [-0.39, 0.29) is 0 Å². The molecule has 10 atom stereocenters. The molecule has 0 radical (unpaired) electrons. The van der Waals surface area contributed by atoms with Gasteiger partial charge in [-0.15, -0.1) is 0 Å². The van der Waals surface area contributed by atoms with Crippen LogP contribution in [0.2, 0.25) is 0 Å². The molecule has 0 spiro atoms. The summed E-state index contributed by atoms with van der Waals surface area (Å²) in [7, 11) is -4.90. The quantitative estimate of drug-likeness (QED) is 0.260. The zero-order valence-corrected chi connectivity index (χ0v) is 14.1. The molecule has 0 aromatic rings. The standard InChI is InChI=1S/C12H22O12S/c1-3-5(13)6(14)8(16)11(21-3)23-12-9(17)7(15)10(4(2)22-12)24-25(18,19)20/h3-17H,1-2H3,(H,18,19,20)/t3-,4-,5+,6+,7-,8-,9-,10+,11?,12?/m1/s1. The molecule has 12 nitrogen and oxygen atoms in total. The maximum Gasteiger partial charge on any atom is 0.397 e. The van der Waals surface area contributed by atoms with Gasteiger partial charge in [0.15, 0.2) is 12.6 Å². The van der Waals surface area contributed by atoms with Gasteiger partial charge in [-0.1, -0.05) is 0 Å². The van der Waals surface area contributed by atoms with Crippen LogP contribution in [0.5, 0.6) is 0 Å². The van der Waals surface area contributed by atoms with Gasteiger partial charge in [0.05, 0.1) is 12.2 Å². The van der Waals surface area contributed by atoms with Crippen LogP contribution in [0.4, 0.5) is 0 Å². The van der Waals surface area contributed by atoms with Crippen molar-refractivity contribution in [2.45, 2.75) is 75.3 Å². The van der Waals surface area contributed by atoms with E-state index < -0.39 is 71.8 Å². The molecule has 2 aliphatic rings. The van der Waals surface area contributed by atoms with Crippen LogP contribution in [-0.2, 0) is 28.8 Å². The van der Waals surface area contributed by atoms with E-state index in [0.29, 0.717) is 0 Å². The molecule has 6 N–H and O–H groups in total. The number of aliphatic hydroxyl groups is 5. The first-order valence-electron chi connectivity index (χ1n) is 7.44.